The number of rotatable bonds is 4. The summed E-state index contributed by atoms with van der Waals surface area (Å²) in [7, 11) is 2.37. The first-order chi connectivity index (χ1) is 21.4. The minimum atomic E-state index is -1.85. The summed E-state index contributed by atoms with van der Waals surface area (Å²) >= 11 is 0. The van der Waals surface area contributed by atoms with Crippen molar-refractivity contribution in [2.45, 2.75) is 89.0 Å². The van der Waals surface area contributed by atoms with E-state index in [1.54, 1.807) is 27.7 Å². The molecule has 0 spiro atoms. The largest absolute Gasteiger partial charge is 0.465 e. The molecule has 0 unspecified atom stereocenters. The van der Waals surface area contributed by atoms with Crippen molar-refractivity contribution in [3.05, 3.63) is 65.2 Å². The Hall–Kier alpha value is -3.94. The minimum absolute atomic E-state index is 0.0494. The number of aryl methyl sites for hydroxylation is 2. The highest BCUT2D eigenvalue weighted by molar-refractivity contribution is 5.79. The lowest BCUT2D eigenvalue weighted by molar-refractivity contribution is -0.227. The van der Waals surface area contributed by atoms with E-state index in [-0.39, 0.29) is 24.3 Å². The number of nitrogens with one attached hydrogen (secondary N) is 2. The number of hydrogen-bond donors (Lipinski definition) is 2. The van der Waals surface area contributed by atoms with Crippen LogP contribution in [0.25, 0.3) is 0 Å². The summed E-state index contributed by atoms with van der Waals surface area (Å²) < 4.78 is 45.9. The van der Waals surface area contributed by atoms with Gasteiger partial charge in [-0.3, -0.25) is 28.7 Å². The maximum absolute atomic E-state index is 12.5. The van der Waals surface area contributed by atoms with Crippen LogP contribution in [0.5, 0.6) is 0 Å². The highest BCUT2D eigenvalue weighted by Gasteiger charge is 2.66. The zero-order valence-corrected chi connectivity index (χ0v) is 26.5. The third kappa shape index (κ3) is 5.23. The van der Waals surface area contributed by atoms with E-state index < -0.39 is 81.9 Å². The monoisotopic (exact) mass is 652 g/mol. The van der Waals surface area contributed by atoms with Gasteiger partial charge in [0.25, 0.3) is 22.6 Å². The Morgan fingerprint density at radius 2 is 1.04 bits per heavy atom. The molecule has 0 aliphatic carbocycles. The number of nitrogens with zero attached hydrogens (tertiary/aromatic N) is 2. The molecule has 18 nitrogen and oxygen atoms in total. The number of H-pyrrole nitrogens is 2. The lowest BCUT2D eigenvalue weighted by atomic mass is 10.0. The van der Waals surface area contributed by atoms with Gasteiger partial charge in [-0.2, -0.15) is 0 Å². The number of ether oxygens (including phenoxy) is 8. The van der Waals surface area contributed by atoms with Gasteiger partial charge in [-0.1, -0.05) is 0 Å². The Morgan fingerprint density at radius 3 is 1.37 bits per heavy atom. The van der Waals surface area contributed by atoms with Crippen molar-refractivity contribution in [2.75, 3.05) is 27.4 Å². The molecule has 4 aliphatic rings. The number of carbonyl (C=O) groups is 2. The maximum Gasteiger partial charge on any atom is 0.363 e. The van der Waals surface area contributed by atoms with Crippen molar-refractivity contribution >= 4 is 11.9 Å². The summed E-state index contributed by atoms with van der Waals surface area (Å²) in [6, 6.07) is 0. The molecule has 252 valence electrons. The number of aromatic nitrogens is 4. The van der Waals surface area contributed by atoms with Crippen LogP contribution in [0.4, 0.5) is 0 Å². The lowest BCUT2D eigenvalue weighted by Gasteiger charge is -2.32. The van der Waals surface area contributed by atoms with Gasteiger partial charge in [-0.15, -0.1) is 0 Å². The SMILES string of the molecule is COC(=O)[C@]1(n2cc(C)c(=O)[nH]c2=O)OC[C@H]2OC(C)(C)O[C@H]21.COC(=O)[C@]1(n2cc(C)c(=O)[nH]c2=O)OC[C@H]2OC(C)(C)O[C@H]21. The van der Waals surface area contributed by atoms with Crippen LogP contribution in [-0.2, 0) is 58.9 Å². The van der Waals surface area contributed by atoms with Gasteiger partial charge < -0.3 is 37.9 Å². The van der Waals surface area contributed by atoms with Gasteiger partial charge in [0.15, 0.2) is 11.6 Å². The Morgan fingerprint density at radius 1 is 0.696 bits per heavy atom. The fourth-order valence-corrected chi connectivity index (χ4v) is 6.04. The molecule has 4 fully saturated rings. The summed E-state index contributed by atoms with van der Waals surface area (Å²) in [4.78, 5) is 77.1. The second-order valence-corrected chi connectivity index (χ2v) is 12.1. The smallest absolute Gasteiger partial charge is 0.363 e. The van der Waals surface area contributed by atoms with Crippen molar-refractivity contribution in [3.63, 3.8) is 0 Å². The molecule has 46 heavy (non-hydrogen) atoms. The van der Waals surface area contributed by atoms with E-state index in [4.69, 9.17) is 37.9 Å². The number of carbonyl (C=O) groups excluding carboxylic acids is 2. The lowest BCUT2D eigenvalue weighted by Crippen LogP contribution is -2.57. The predicted octanol–water partition coefficient (Wildman–Crippen LogP) is -1.56. The molecule has 6 atom stereocenters. The molecule has 4 aliphatic heterocycles. The van der Waals surface area contributed by atoms with E-state index in [0.29, 0.717) is 0 Å². The molecule has 18 heteroatoms. The standard InChI is InChI=1S/2C14H18N2O7/c2*1-7-5-16(12(19)15-10(7)17)14(11(18)20-4)9-8(6-21-14)22-13(2,3)23-9/h2*5,8-9H,6H2,1-4H3,(H,15,17,19)/t2*8-,9-,14-/m11/s1. The highest BCUT2D eigenvalue weighted by atomic mass is 16.8. The molecule has 2 N–H and O–H groups in total. The predicted molar refractivity (Wildman–Crippen MR) is 152 cm³/mol. The number of methoxy groups -OCH3 is 2. The maximum atomic E-state index is 12.5. The van der Waals surface area contributed by atoms with Crippen molar-refractivity contribution in [2.24, 2.45) is 0 Å². The second-order valence-electron chi connectivity index (χ2n) is 12.1. The molecule has 0 bridgehead atoms. The molecule has 0 radical (unpaired) electrons. The topological polar surface area (TPSA) is 218 Å². The van der Waals surface area contributed by atoms with Crippen molar-refractivity contribution in [3.8, 4) is 0 Å². The van der Waals surface area contributed by atoms with Crippen molar-refractivity contribution in [1.29, 1.82) is 0 Å². The molecule has 6 heterocycles. The van der Waals surface area contributed by atoms with Gasteiger partial charge in [-0.25, -0.2) is 19.2 Å². The first-order valence-corrected chi connectivity index (χ1v) is 14.2. The van der Waals surface area contributed by atoms with E-state index in [1.165, 1.54) is 40.5 Å². The molecule has 4 saturated heterocycles. The molecule has 0 amide bonds. The van der Waals surface area contributed by atoms with E-state index in [0.717, 1.165) is 9.13 Å². The van der Waals surface area contributed by atoms with Crippen LogP contribution in [0.1, 0.15) is 38.8 Å². The quantitative estimate of drug-likeness (QED) is 0.357. The normalized spacial score (nSPS) is 31.8. The van der Waals surface area contributed by atoms with E-state index >= 15 is 0 Å². The molecule has 6 rings (SSSR count). The average molecular weight is 653 g/mol. The Bertz CT molecular complexity index is 1660. The summed E-state index contributed by atoms with van der Waals surface area (Å²) in [5.74, 6) is -3.47. The Balaban J connectivity index is 0.000000181. The van der Waals surface area contributed by atoms with Crippen LogP contribution in [0.15, 0.2) is 31.6 Å². The summed E-state index contributed by atoms with van der Waals surface area (Å²) in [6.07, 6.45) is -0.322. The summed E-state index contributed by atoms with van der Waals surface area (Å²) in [5, 5.41) is 0. The first-order valence-electron chi connectivity index (χ1n) is 14.2. The summed E-state index contributed by atoms with van der Waals surface area (Å²) in [6.45, 7) is 9.94. The molecule has 0 aromatic carbocycles. The fourth-order valence-electron chi connectivity index (χ4n) is 6.04. The number of esters is 2. The van der Waals surface area contributed by atoms with Crippen molar-refractivity contribution < 1.29 is 47.5 Å². The molecule has 2 aromatic heterocycles. The molecule has 0 saturated carbocycles. The van der Waals surface area contributed by atoms with Gasteiger partial charge in [0.2, 0.25) is 0 Å². The third-order valence-corrected chi connectivity index (χ3v) is 7.99. The Labute approximate surface area is 260 Å². The van der Waals surface area contributed by atoms with E-state index in [9.17, 15) is 28.8 Å². The van der Waals surface area contributed by atoms with E-state index in [2.05, 4.69) is 9.97 Å². The minimum Gasteiger partial charge on any atom is -0.465 e. The highest BCUT2D eigenvalue weighted by Crippen LogP contribution is 2.45. The van der Waals surface area contributed by atoms with Crippen LogP contribution in [0.3, 0.4) is 0 Å². The molecular weight excluding hydrogens is 616 g/mol. The van der Waals surface area contributed by atoms with Gasteiger partial charge in [0.05, 0.1) is 27.4 Å². The fraction of sp³-hybridized carbons (Fsp3) is 0.643. The van der Waals surface area contributed by atoms with Crippen LogP contribution in [0.2, 0.25) is 0 Å². The zero-order chi connectivity index (χ0) is 34.0. The number of aromatic amines is 2. The number of fused-ring (bicyclic) bond motifs is 2. The first kappa shape index (κ1) is 33.4. The zero-order valence-electron chi connectivity index (χ0n) is 26.5. The van der Waals surface area contributed by atoms with Crippen LogP contribution < -0.4 is 22.5 Å². The average Bonchev–Trinajstić information content (AvgIpc) is 3.68. The van der Waals surface area contributed by atoms with E-state index in [1.807, 2.05) is 0 Å². The van der Waals surface area contributed by atoms with Crippen LogP contribution >= 0.6 is 0 Å². The van der Waals surface area contributed by atoms with Crippen LogP contribution in [0, 0.1) is 13.8 Å². The van der Waals surface area contributed by atoms with Crippen LogP contribution in [-0.4, -0.2) is 94.5 Å². The summed E-state index contributed by atoms with van der Waals surface area (Å²) in [5.41, 5.74) is -5.86. The molecule has 2 aromatic rings. The number of hydrogen-bond acceptors (Lipinski definition) is 14. The van der Waals surface area contributed by atoms with Gasteiger partial charge in [-0.05, 0) is 41.5 Å². The van der Waals surface area contributed by atoms with Crippen molar-refractivity contribution in [1.82, 2.24) is 19.1 Å². The van der Waals surface area contributed by atoms with Gasteiger partial charge in [0, 0.05) is 23.5 Å². The molecular formula is C28H36N4O14. The second kappa shape index (κ2) is 11.4. The third-order valence-electron chi connectivity index (χ3n) is 7.99. The van der Waals surface area contributed by atoms with Gasteiger partial charge in [0.1, 0.15) is 24.4 Å². The van der Waals surface area contributed by atoms with Gasteiger partial charge >= 0.3 is 23.3 Å². The Kier molecular flexibility index (Phi) is 8.28.